The Morgan fingerprint density at radius 3 is 2.23 bits per heavy atom. The van der Waals surface area contributed by atoms with Crippen molar-refractivity contribution in [1.29, 1.82) is 0 Å². The lowest BCUT2D eigenvalue weighted by molar-refractivity contribution is -0.119. The van der Waals surface area contributed by atoms with E-state index in [0.29, 0.717) is 27.5 Å². The fourth-order valence-corrected chi connectivity index (χ4v) is 4.51. The summed E-state index contributed by atoms with van der Waals surface area (Å²) >= 11 is 1.34. The number of amides is 2. The van der Waals surface area contributed by atoms with E-state index < -0.39 is 0 Å². The smallest absolute Gasteiger partial charge is 0.268 e. The summed E-state index contributed by atoms with van der Waals surface area (Å²) in [5.41, 5.74) is 4.38. The van der Waals surface area contributed by atoms with Crippen LogP contribution in [-0.2, 0) is 15.3 Å². The van der Waals surface area contributed by atoms with Crippen molar-refractivity contribution in [1.82, 2.24) is 0 Å². The van der Waals surface area contributed by atoms with E-state index in [1.807, 2.05) is 56.3 Å². The quantitative estimate of drug-likeness (QED) is 0.503. The summed E-state index contributed by atoms with van der Waals surface area (Å²) in [5.74, 6) is -0.550. The van der Waals surface area contributed by atoms with E-state index in [9.17, 15) is 14.0 Å². The van der Waals surface area contributed by atoms with Crippen LogP contribution in [0.4, 0.5) is 10.1 Å². The summed E-state index contributed by atoms with van der Waals surface area (Å²) in [6.07, 6.45) is 0. The Kier molecular flexibility index (Phi) is 5.55. The van der Waals surface area contributed by atoms with Crippen molar-refractivity contribution in [3.8, 4) is 0 Å². The van der Waals surface area contributed by atoms with E-state index in [4.69, 9.17) is 0 Å². The van der Waals surface area contributed by atoms with Crippen molar-refractivity contribution in [3.05, 3.63) is 106 Å². The first-order valence-electron chi connectivity index (χ1n) is 9.59. The maximum atomic E-state index is 13.5. The van der Waals surface area contributed by atoms with Crippen LogP contribution in [0.15, 0.2) is 77.7 Å². The summed E-state index contributed by atoms with van der Waals surface area (Å²) in [6.45, 7) is 3.85. The van der Waals surface area contributed by atoms with Crippen LogP contribution in [0, 0.1) is 19.7 Å². The number of carbonyl (C=O) groups excluding carboxylic acids is 2. The molecular formula is C25H20FNO2S. The highest BCUT2D eigenvalue weighted by Crippen LogP contribution is 2.40. The van der Waals surface area contributed by atoms with Crippen molar-refractivity contribution >= 4 is 34.8 Å². The standard InChI is InChI=1S/C25H20FNO2S/c1-16-7-6-10-21(17(16)2)27-24(28)22(19-11-13-20(26)14-12-19)23(25(27)29)30-15-18-8-4-3-5-9-18/h3-14H,15H2,1-2H3. The van der Waals surface area contributed by atoms with Crippen LogP contribution < -0.4 is 4.90 Å². The van der Waals surface area contributed by atoms with Crippen LogP contribution in [0.5, 0.6) is 0 Å². The van der Waals surface area contributed by atoms with Crippen LogP contribution in [0.25, 0.3) is 5.57 Å². The van der Waals surface area contributed by atoms with Gasteiger partial charge in [-0.2, -0.15) is 0 Å². The second-order valence-electron chi connectivity index (χ2n) is 7.15. The Hall–Kier alpha value is -3.18. The van der Waals surface area contributed by atoms with Gasteiger partial charge in [0.15, 0.2) is 0 Å². The number of thioether (sulfide) groups is 1. The Morgan fingerprint density at radius 2 is 1.53 bits per heavy atom. The first-order chi connectivity index (χ1) is 14.5. The summed E-state index contributed by atoms with van der Waals surface area (Å²) in [5, 5.41) is 0. The van der Waals surface area contributed by atoms with E-state index in [0.717, 1.165) is 16.7 Å². The van der Waals surface area contributed by atoms with Gasteiger partial charge in [0, 0.05) is 5.75 Å². The zero-order valence-electron chi connectivity index (χ0n) is 16.7. The maximum absolute atomic E-state index is 13.5. The van der Waals surface area contributed by atoms with Crippen LogP contribution in [0.3, 0.4) is 0 Å². The van der Waals surface area contributed by atoms with Crippen molar-refractivity contribution in [2.75, 3.05) is 4.90 Å². The molecule has 0 bridgehead atoms. The lowest BCUT2D eigenvalue weighted by Crippen LogP contribution is -2.32. The molecule has 30 heavy (non-hydrogen) atoms. The SMILES string of the molecule is Cc1cccc(N2C(=O)C(SCc3ccccc3)=C(c3ccc(F)cc3)C2=O)c1C. The lowest BCUT2D eigenvalue weighted by Gasteiger charge is -2.19. The molecule has 4 rings (SSSR count). The van der Waals surface area contributed by atoms with E-state index in [1.54, 1.807) is 18.2 Å². The molecule has 0 saturated carbocycles. The van der Waals surface area contributed by atoms with Gasteiger partial charge in [-0.1, -0.05) is 54.6 Å². The summed E-state index contributed by atoms with van der Waals surface area (Å²) < 4.78 is 13.5. The van der Waals surface area contributed by atoms with Crippen molar-refractivity contribution in [2.45, 2.75) is 19.6 Å². The fourth-order valence-electron chi connectivity index (χ4n) is 3.44. The van der Waals surface area contributed by atoms with Crippen LogP contribution in [-0.4, -0.2) is 11.8 Å². The van der Waals surface area contributed by atoms with Gasteiger partial charge >= 0.3 is 0 Å². The number of hydrogen-bond acceptors (Lipinski definition) is 3. The Labute approximate surface area is 179 Å². The number of imide groups is 1. The first kappa shape index (κ1) is 20.1. The second kappa shape index (κ2) is 8.28. The van der Waals surface area contributed by atoms with Gasteiger partial charge in [0.2, 0.25) is 0 Å². The zero-order valence-corrected chi connectivity index (χ0v) is 17.5. The average molecular weight is 418 g/mol. The molecule has 0 atom stereocenters. The molecule has 0 unspecified atom stereocenters. The van der Waals surface area contributed by atoms with Crippen molar-refractivity contribution in [2.24, 2.45) is 0 Å². The third-order valence-electron chi connectivity index (χ3n) is 5.22. The number of hydrogen-bond donors (Lipinski definition) is 0. The average Bonchev–Trinajstić information content (AvgIpc) is 2.99. The summed E-state index contributed by atoms with van der Waals surface area (Å²) in [4.78, 5) is 28.5. The molecule has 0 spiro atoms. The Morgan fingerprint density at radius 1 is 0.833 bits per heavy atom. The normalized spacial score (nSPS) is 14.0. The van der Waals surface area contributed by atoms with E-state index in [-0.39, 0.29) is 17.6 Å². The molecule has 0 fully saturated rings. The third-order valence-corrected chi connectivity index (χ3v) is 6.36. The van der Waals surface area contributed by atoms with E-state index in [2.05, 4.69) is 0 Å². The Balaban J connectivity index is 1.77. The second-order valence-corrected chi connectivity index (χ2v) is 8.14. The lowest BCUT2D eigenvalue weighted by atomic mass is 10.1. The maximum Gasteiger partial charge on any atom is 0.272 e. The topological polar surface area (TPSA) is 37.4 Å². The van der Waals surface area contributed by atoms with Gasteiger partial charge in [0.1, 0.15) is 5.82 Å². The van der Waals surface area contributed by atoms with Gasteiger partial charge in [-0.25, -0.2) is 9.29 Å². The molecule has 3 aromatic rings. The predicted octanol–water partition coefficient (Wildman–Crippen LogP) is 5.66. The first-order valence-corrected chi connectivity index (χ1v) is 10.6. The molecular weight excluding hydrogens is 397 g/mol. The highest BCUT2D eigenvalue weighted by molar-refractivity contribution is 8.03. The fraction of sp³-hybridized carbons (Fsp3) is 0.120. The van der Waals surface area contributed by atoms with Crippen LogP contribution in [0.2, 0.25) is 0 Å². The molecule has 1 aliphatic rings. The molecule has 2 amide bonds. The molecule has 0 saturated heterocycles. The van der Waals surface area contributed by atoms with Crippen LogP contribution in [0.1, 0.15) is 22.3 Å². The zero-order chi connectivity index (χ0) is 21.3. The molecule has 1 aliphatic heterocycles. The van der Waals surface area contributed by atoms with Crippen LogP contribution >= 0.6 is 11.8 Å². The largest absolute Gasteiger partial charge is 0.272 e. The number of benzene rings is 3. The van der Waals surface area contributed by atoms with Crippen molar-refractivity contribution < 1.29 is 14.0 Å². The molecule has 1 heterocycles. The number of aryl methyl sites for hydroxylation is 1. The molecule has 0 aromatic heterocycles. The Bertz CT molecular complexity index is 1150. The molecule has 5 heteroatoms. The highest BCUT2D eigenvalue weighted by atomic mass is 32.2. The number of nitrogens with zero attached hydrogens (tertiary/aromatic N) is 1. The third kappa shape index (κ3) is 3.68. The molecule has 0 N–H and O–H groups in total. The predicted molar refractivity (Wildman–Crippen MR) is 119 cm³/mol. The number of carbonyl (C=O) groups is 2. The van der Waals surface area contributed by atoms with Gasteiger partial charge in [-0.05, 0) is 54.3 Å². The van der Waals surface area contributed by atoms with E-state index >= 15 is 0 Å². The minimum atomic E-state index is -0.388. The highest BCUT2D eigenvalue weighted by Gasteiger charge is 2.40. The number of anilines is 1. The van der Waals surface area contributed by atoms with Gasteiger partial charge < -0.3 is 0 Å². The van der Waals surface area contributed by atoms with Crippen molar-refractivity contribution in [3.63, 3.8) is 0 Å². The minimum Gasteiger partial charge on any atom is -0.268 e. The summed E-state index contributed by atoms with van der Waals surface area (Å²) in [7, 11) is 0. The molecule has 150 valence electrons. The summed E-state index contributed by atoms with van der Waals surface area (Å²) in [6, 6.07) is 21.1. The van der Waals surface area contributed by atoms with Gasteiger partial charge in [0.25, 0.3) is 11.8 Å². The minimum absolute atomic E-state index is 0.321. The molecule has 3 nitrogen and oxygen atoms in total. The number of rotatable bonds is 5. The van der Waals surface area contributed by atoms with E-state index in [1.165, 1.54) is 28.8 Å². The molecule has 0 radical (unpaired) electrons. The molecule has 3 aromatic carbocycles. The monoisotopic (exact) mass is 417 g/mol. The van der Waals surface area contributed by atoms with Gasteiger partial charge in [-0.15, -0.1) is 11.8 Å². The van der Waals surface area contributed by atoms with Gasteiger partial charge in [0.05, 0.1) is 16.2 Å². The molecule has 0 aliphatic carbocycles. The number of halogens is 1. The van der Waals surface area contributed by atoms with Gasteiger partial charge in [-0.3, -0.25) is 9.59 Å².